The Kier molecular flexibility index (Phi) is 4.07. The van der Waals surface area contributed by atoms with Gasteiger partial charge in [0, 0.05) is 10.0 Å². The largest absolute Gasteiger partial charge is 0.303 e. The number of carbonyl (C=O) groups excluding carboxylic acids is 1. The molecule has 0 atom stereocenters. The number of amidine groups is 1. The van der Waals surface area contributed by atoms with Crippen molar-refractivity contribution >= 4 is 45.0 Å². The summed E-state index contributed by atoms with van der Waals surface area (Å²) in [5, 5.41) is 10.1. The molecule has 0 aliphatic carbocycles. The van der Waals surface area contributed by atoms with Gasteiger partial charge >= 0.3 is 0 Å². The van der Waals surface area contributed by atoms with Gasteiger partial charge in [-0.3, -0.25) is 4.79 Å². The van der Waals surface area contributed by atoms with Crippen LogP contribution in [0, 0.1) is 11.6 Å². The van der Waals surface area contributed by atoms with Crippen molar-refractivity contribution in [2.24, 2.45) is 10.2 Å². The molecule has 1 aromatic carbocycles. The molecule has 1 fully saturated rings. The van der Waals surface area contributed by atoms with Gasteiger partial charge in [0.2, 0.25) is 5.91 Å². The van der Waals surface area contributed by atoms with Crippen molar-refractivity contribution in [2.75, 3.05) is 5.75 Å². The fraction of sp³-hybridized carbons (Fsp3) is 0.100. The number of benzene rings is 1. The zero-order valence-corrected chi connectivity index (χ0v) is 11.2. The van der Waals surface area contributed by atoms with E-state index in [4.69, 9.17) is 0 Å². The minimum Gasteiger partial charge on any atom is -0.303 e. The van der Waals surface area contributed by atoms with Crippen LogP contribution in [0.15, 0.2) is 26.8 Å². The lowest BCUT2D eigenvalue weighted by atomic mass is 10.2. The number of thioether (sulfide) groups is 1. The normalized spacial score (nSPS) is 17.7. The van der Waals surface area contributed by atoms with Crippen LogP contribution in [-0.4, -0.2) is 23.0 Å². The maximum absolute atomic E-state index is 13.4. The fourth-order valence-electron chi connectivity index (χ4n) is 1.18. The first-order valence-electron chi connectivity index (χ1n) is 4.75. The molecule has 1 saturated heterocycles. The minimum absolute atomic E-state index is 0.0336. The van der Waals surface area contributed by atoms with Crippen molar-refractivity contribution in [3.05, 3.63) is 33.8 Å². The maximum Gasteiger partial charge on any atom is 0.236 e. The van der Waals surface area contributed by atoms with Crippen LogP contribution in [-0.2, 0) is 4.79 Å². The van der Waals surface area contributed by atoms with Crippen molar-refractivity contribution in [3.63, 3.8) is 0 Å². The van der Waals surface area contributed by atoms with Gasteiger partial charge in [0.25, 0.3) is 0 Å². The summed E-state index contributed by atoms with van der Waals surface area (Å²) in [6, 6.07) is 2.38. The molecular weight excluding hydrogens is 328 g/mol. The van der Waals surface area contributed by atoms with Gasteiger partial charge in [0.15, 0.2) is 16.8 Å². The summed E-state index contributed by atoms with van der Waals surface area (Å²) < 4.78 is 26.8. The van der Waals surface area contributed by atoms with E-state index in [1.54, 1.807) is 0 Å². The second kappa shape index (κ2) is 5.57. The van der Waals surface area contributed by atoms with Crippen molar-refractivity contribution < 1.29 is 13.6 Å². The SMILES string of the molecule is O=C1CSC(=NN=Cc2c(Br)ccc(F)c2F)N1. The Morgan fingerprint density at radius 3 is 2.89 bits per heavy atom. The second-order valence-electron chi connectivity index (χ2n) is 3.24. The van der Waals surface area contributed by atoms with Crippen LogP contribution in [0.25, 0.3) is 0 Å². The topological polar surface area (TPSA) is 53.8 Å². The summed E-state index contributed by atoms with van der Waals surface area (Å²) in [5.74, 6) is -1.84. The zero-order valence-electron chi connectivity index (χ0n) is 8.78. The predicted octanol–water partition coefficient (Wildman–Crippen LogP) is 2.28. The van der Waals surface area contributed by atoms with E-state index in [0.29, 0.717) is 9.64 Å². The first kappa shape index (κ1) is 13.2. The van der Waals surface area contributed by atoms with E-state index in [9.17, 15) is 13.6 Å². The Hall–Kier alpha value is -1.28. The highest BCUT2D eigenvalue weighted by Gasteiger charge is 2.16. The Balaban J connectivity index is 2.19. The van der Waals surface area contributed by atoms with Gasteiger partial charge in [-0.2, -0.15) is 5.10 Å². The first-order chi connectivity index (χ1) is 8.58. The average molecular weight is 334 g/mol. The van der Waals surface area contributed by atoms with Crippen molar-refractivity contribution in [1.29, 1.82) is 0 Å². The summed E-state index contributed by atoms with van der Waals surface area (Å²) in [6.07, 6.45) is 1.08. The van der Waals surface area contributed by atoms with E-state index in [2.05, 4.69) is 31.4 Å². The van der Waals surface area contributed by atoms with Crippen LogP contribution in [0.3, 0.4) is 0 Å². The van der Waals surface area contributed by atoms with Crippen molar-refractivity contribution in [3.8, 4) is 0 Å². The molecule has 1 amide bonds. The lowest BCUT2D eigenvalue weighted by molar-refractivity contribution is -0.116. The Labute approximate surface area is 114 Å². The van der Waals surface area contributed by atoms with Crippen LogP contribution in [0.2, 0.25) is 0 Å². The molecule has 0 radical (unpaired) electrons. The molecule has 1 aliphatic heterocycles. The van der Waals surface area contributed by atoms with Crippen LogP contribution in [0.5, 0.6) is 0 Å². The molecule has 0 saturated carbocycles. The molecule has 0 unspecified atom stereocenters. The second-order valence-corrected chi connectivity index (χ2v) is 5.06. The van der Waals surface area contributed by atoms with E-state index >= 15 is 0 Å². The van der Waals surface area contributed by atoms with E-state index in [1.807, 2.05) is 0 Å². The fourth-order valence-corrected chi connectivity index (χ4v) is 2.22. The number of amides is 1. The molecule has 1 heterocycles. The number of carbonyl (C=O) groups is 1. The molecule has 0 bridgehead atoms. The molecule has 94 valence electrons. The van der Waals surface area contributed by atoms with Gasteiger partial charge in [-0.15, -0.1) is 5.10 Å². The van der Waals surface area contributed by atoms with Crippen LogP contribution in [0.1, 0.15) is 5.56 Å². The van der Waals surface area contributed by atoms with Gasteiger partial charge in [0.1, 0.15) is 0 Å². The average Bonchev–Trinajstić information content (AvgIpc) is 2.74. The van der Waals surface area contributed by atoms with Gasteiger partial charge < -0.3 is 5.32 Å². The van der Waals surface area contributed by atoms with Gasteiger partial charge in [-0.1, -0.05) is 27.7 Å². The first-order valence-corrected chi connectivity index (χ1v) is 6.53. The number of hydrogen-bond acceptors (Lipinski definition) is 4. The summed E-state index contributed by atoms with van der Waals surface area (Å²) >= 11 is 4.28. The third-order valence-electron chi connectivity index (χ3n) is 2.00. The van der Waals surface area contributed by atoms with E-state index in [-0.39, 0.29) is 17.2 Å². The van der Waals surface area contributed by atoms with Crippen LogP contribution in [0.4, 0.5) is 8.78 Å². The van der Waals surface area contributed by atoms with Gasteiger partial charge in [0.05, 0.1) is 12.0 Å². The van der Waals surface area contributed by atoms with Crippen LogP contribution < -0.4 is 5.32 Å². The van der Waals surface area contributed by atoms with Gasteiger partial charge in [-0.25, -0.2) is 8.78 Å². The third-order valence-corrected chi connectivity index (χ3v) is 3.56. The molecule has 18 heavy (non-hydrogen) atoms. The minimum atomic E-state index is -1.00. The highest BCUT2D eigenvalue weighted by molar-refractivity contribution is 9.10. The molecule has 1 aromatic rings. The number of nitrogens with one attached hydrogen (secondary N) is 1. The quantitative estimate of drug-likeness (QED) is 0.513. The van der Waals surface area contributed by atoms with Crippen LogP contribution >= 0.6 is 27.7 Å². The molecular formula is C10H6BrF2N3OS. The monoisotopic (exact) mass is 333 g/mol. The molecule has 0 spiro atoms. The zero-order chi connectivity index (χ0) is 13.1. The summed E-state index contributed by atoms with van der Waals surface area (Å²) in [7, 11) is 0. The number of hydrogen-bond donors (Lipinski definition) is 1. The van der Waals surface area contributed by atoms with Crippen molar-refractivity contribution in [1.82, 2.24) is 5.32 Å². The highest BCUT2D eigenvalue weighted by Crippen LogP contribution is 2.20. The molecule has 1 N–H and O–H groups in total. The molecule has 1 aliphatic rings. The smallest absolute Gasteiger partial charge is 0.236 e. The number of halogens is 3. The molecule has 0 aromatic heterocycles. The summed E-state index contributed by atoms with van der Waals surface area (Å²) in [4.78, 5) is 10.9. The molecule has 2 rings (SSSR count). The Morgan fingerprint density at radius 1 is 1.44 bits per heavy atom. The van der Waals surface area contributed by atoms with Crippen molar-refractivity contribution in [2.45, 2.75) is 0 Å². The summed E-state index contributed by atoms with van der Waals surface area (Å²) in [5.41, 5.74) is -0.0336. The van der Waals surface area contributed by atoms with E-state index in [1.165, 1.54) is 17.8 Å². The number of rotatable bonds is 2. The molecule has 4 nitrogen and oxygen atoms in total. The lowest BCUT2D eigenvalue weighted by Gasteiger charge is -2.00. The number of nitrogens with zero attached hydrogens (tertiary/aromatic N) is 2. The van der Waals surface area contributed by atoms with E-state index < -0.39 is 11.6 Å². The third kappa shape index (κ3) is 2.94. The standard InChI is InChI=1S/C10H6BrF2N3OS/c11-6-1-2-7(12)9(13)5(6)3-14-16-10-15-8(17)4-18-10/h1-3H,4H2,(H,15,16,17). The lowest BCUT2D eigenvalue weighted by Crippen LogP contribution is -2.19. The predicted molar refractivity (Wildman–Crippen MR) is 69.7 cm³/mol. The molecule has 8 heteroatoms. The highest BCUT2D eigenvalue weighted by atomic mass is 79.9. The Morgan fingerprint density at radius 2 is 2.22 bits per heavy atom. The van der Waals surface area contributed by atoms with E-state index in [0.717, 1.165) is 12.3 Å². The Bertz CT molecular complexity index is 562. The summed E-state index contributed by atoms with van der Waals surface area (Å²) in [6.45, 7) is 0. The maximum atomic E-state index is 13.4. The van der Waals surface area contributed by atoms with Gasteiger partial charge in [-0.05, 0) is 12.1 Å².